The van der Waals surface area contributed by atoms with Crippen LogP contribution < -0.4 is 15.4 Å². The first-order chi connectivity index (χ1) is 12.7. The second kappa shape index (κ2) is 11.5. The summed E-state index contributed by atoms with van der Waals surface area (Å²) in [6.07, 6.45) is 2.65. The van der Waals surface area contributed by atoms with Gasteiger partial charge in [0.05, 0.1) is 0 Å². The van der Waals surface area contributed by atoms with Crippen molar-refractivity contribution in [2.24, 2.45) is 0 Å². The monoisotopic (exact) mass is 390 g/mol. The molecule has 2 rings (SSSR count). The van der Waals surface area contributed by atoms with E-state index in [1.807, 2.05) is 36.4 Å². The molecule has 0 heterocycles. The van der Waals surface area contributed by atoms with Crippen LogP contribution in [-0.2, 0) is 5.75 Å². The van der Waals surface area contributed by atoms with Crippen LogP contribution >= 0.6 is 24.0 Å². The van der Waals surface area contributed by atoms with E-state index in [4.69, 9.17) is 17.0 Å². The highest BCUT2D eigenvalue weighted by molar-refractivity contribution is 7.98. The molecule has 0 aliphatic rings. The van der Waals surface area contributed by atoms with Crippen molar-refractivity contribution in [3.05, 3.63) is 72.6 Å². The Balaban J connectivity index is 1.61. The molecule has 0 radical (unpaired) electrons. The normalized spacial score (nSPS) is 10.2. The quantitative estimate of drug-likeness (QED) is 0.339. The smallest absolute Gasteiger partial charge is 0.170 e. The van der Waals surface area contributed by atoms with Crippen LogP contribution in [0, 0.1) is 5.82 Å². The number of thiocarbonyl (C=S) groups is 1. The zero-order chi connectivity index (χ0) is 18.6. The van der Waals surface area contributed by atoms with Crippen LogP contribution in [-0.4, -0.2) is 24.0 Å². The molecule has 2 N–H and O–H groups in total. The number of halogens is 1. The van der Waals surface area contributed by atoms with Gasteiger partial charge in [0.2, 0.25) is 0 Å². The lowest BCUT2D eigenvalue weighted by Gasteiger charge is -2.11. The molecule has 0 fully saturated rings. The predicted octanol–water partition coefficient (Wildman–Crippen LogP) is 5.00. The van der Waals surface area contributed by atoms with Crippen LogP contribution in [0.1, 0.15) is 12.0 Å². The number of hydrogen-bond donors (Lipinski definition) is 2. The van der Waals surface area contributed by atoms with Crippen molar-refractivity contribution in [1.29, 1.82) is 0 Å². The molecule has 3 nitrogen and oxygen atoms in total. The van der Waals surface area contributed by atoms with Gasteiger partial charge in [0.25, 0.3) is 0 Å². The molecule has 6 heteroatoms. The summed E-state index contributed by atoms with van der Waals surface area (Å²) in [5, 5.41) is 6.89. The fraction of sp³-hybridized carbons (Fsp3) is 0.250. The summed E-state index contributed by atoms with van der Waals surface area (Å²) < 4.78 is 19.0. The van der Waals surface area contributed by atoms with Crippen molar-refractivity contribution in [2.75, 3.05) is 24.2 Å². The van der Waals surface area contributed by atoms with Crippen LogP contribution in [0.3, 0.4) is 0 Å². The van der Waals surface area contributed by atoms with Crippen molar-refractivity contribution in [3.63, 3.8) is 0 Å². The number of rotatable bonds is 10. The van der Waals surface area contributed by atoms with Gasteiger partial charge < -0.3 is 15.4 Å². The van der Waals surface area contributed by atoms with Crippen LogP contribution in [0.15, 0.2) is 61.2 Å². The van der Waals surface area contributed by atoms with E-state index in [0.29, 0.717) is 17.5 Å². The van der Waals surface area contributed by atoms with E-state index in [0.717, 1.165) is 35.7 Å². The fourth-order valence-electron chi connectivity index (χ4n) is 2.17. The number of anilines is 1. The molecule has 0 atom stereocenters. The third-order valence-corrected chi connectivity index (χ3v) is 4.77. The van der Waals surface area contributed by atoms with E-state index in [-0.39, 0.29) is 5.82 Å². The second-order valence-corrected chi connectivity index (χ2v) is 7.02. The van der Waals surface area contributed by atoms with Crippen LogP contribution in [0.4, 0.5) is 10.1 Å². The van der Waals surface area contributed by atoms with E-state index in [2.05, 4.69) is 17.2 Å². The van der Waals surface area contributed by atoms with Gasteiger partial charge >= 0.3 is 0 Å². The minimum atomic E-state index is -0.136. The van der Waals surface area contributed by atoms with Gasteiger partial charge in [-0.3, -0.25) is 0 Å². The lowest BCUT2D eigenvalue weighted by molar-refractivity contribution is 0.363. The standard InChI is InChI=1S/C20H23FN2OS2/c1-2-12-24-18-9-5-8-17(14-18)23-20(25)22-11-6-13-26-15-16-7-3-4-10-19(16)21/h2-5,7-10,14H,1,6,11-13,15H2,(H2,22,23,25). The molecule has 26 heavy (non-hydrogen) atoms. The van der Waals surface area contributed by atoms with Gasteiger partial charge in [-0.15, -0.1) is 0 Å². The largest absolute Gasteiger partial charge is 0.489 e. The van der Waals surface area contributed by atoms with Crippen molar-refractivity contribution in [1.82, 2.24) is 5.32 Å². The maximum absolute atomic E-state index is 13.5. The highest BCUT2D eigenvalue weighted by atomic mass is 32.2. The molecular weight excluding hydrogens is 367 g/mol. The third kappa shape index (κ3) is 7.45. The van der Waals surface area contributed by atoms with Gasteiger partial charge in [0, 0.05) is 24.1 Å². The molecule has 2 aromatic carbocycles. The van der Waals surface area contributed by atoms with E-state index < -0.39 is 0 Å². The Hall–Kier alpha value is -2.05. The first-order valence-electron chi connectivity index (χ1n) is 8.39. The minimum Gasteiger partial charge on any atom is -0.489 e. The summed E-state index contributed by atoms with van der Waals surface area (Å²) in [5.41, 5.74) is 1.62. The van der Waals surface area contributed by atoms with Gasteiger partial charge in [-0.25, -0.2) is 4.39 Å². The summed E-state index contributed by atoms with van der Waals surface area (Å²) in [7, 11) is 0. The number of nitrogens with one attached hydrogen (secondary N) is 2. The Morgan fingerprint density at radius 3 is 2.88 bits per heavy atom. The van der Waals surface area contributed by atoms with Crippen LogP contribution in [0.2, 0.25) is 0 Å². The summed E-state index contributed by atoms with van der Waals surface area (Å²) in [5.74, 6) is 2.26. The molecule has 138 valence electrons. The number of ether oxygens (including phenoxy) is 1. The highest BCUT2D eigenvalue weighted by Crippen LogP contribution is 2.17. The number of hydrogen-bond acceptors (Lipinski definition) is 3. The first kappa shape index (κ1) is 20.3. The van der Waals surface area contributed by atoms with Gasteiger partial charge in [0.15, 0.2) is 5.11 Å². The topological polar surface area (TPSA) is 33.3 Å². The molecule has 0 amide bonds. The van der Waals surface area contributed by atoms with Crippen molar-refractivity contribution >= 4 is 34.8 Å². The lowest BCUT2D eigenvalue weighted by Crippen LogP contribution is -2.29. The number of thioether (sulfide) groups is 1. The molecule has 0 saturated heterocycles. The number of benzene rings is 2. The Kier molecular flexibility index (Phi) is 9.00. The first-order valence-corrected chi connectivity index (χ1v) is 9.95. The van der Waals surface area contributed by atoms with Crippen LogP contribution in [0.25, 0.3) is 0 Å². The molecule has 0 saturated carbocycles. The van der Waals surface area contributed by atoms with Crippen molar-refractivity contribution in [3.8, 4) is 5.75 Å². The highest BCUT2D eigenvalue weighted by Gasteiger charge is 2.02. The average Bonchev–Trinajstić information content (AvgIpc) is 2.64. The fourth-order valence-corrected chi connectivity index (χ4v) is 3.33. The van der Waals surface area contributed by atoms with E-state index >= 15 is 0 Å². The van der Waals surface area contributed by atoms with Crippen molar-refractivity contribution in [2.45, 2.75) is 12.2 Å². The predicted molar refractivity (Wildman–Crippen MR) is 114 cm³/mol. The Morgan fingerprint density at radius 1 is 1.23 bits per heavy atom. The van der Waals surface area contributed by atoms with Gasteiger partial charge in [-0.05, 0) is 48.2 Å². The second-order valence-electron chi connectivity index (χ2n) is 5.51. The van der Waals surface area contributed by atoms with Crippen molar-refractivity contribution < 1.29 is 9.13 Å². The Morgan fingerprint density at radius 2 is 2.08 bits per heavy atom. The average molecular weight is 391 g/mol. The Bertz CT molecular complexity index is 724. The molecule has 0 spiro atoms. The summed E-state index contributed by atoms with van der Waals surface area (Å²) in [4.78, 5) is 0. The summed E-state index contributed by atoms with van der Waals surface area (Å²) in [6, 6.07) is 14.5. The minimum absolute atomic E-state index is 0.136. The van der Waals surface area contributed by atoms with Gasteiger partial charge in [-0.2, -0.15) is 11.8 Å². The molecule has 0 aromatic heterocycles. The zero-order valence-electron chi connectivity index (χ0n) is 14.5. The van der Waals surface area contributed by atoms with Gasteiger partial charge in [0.1, 0.15) is 18.2 Å². The van der Waals surface area contributed by atoms with E-state index in [1.165, 1.54) is 6.07 Å². The maximum Gasteiger partial charge on any atom is 0.170 e. The summed E-state index contributed by atoms with van der Waals surface area (Å²) in [6.45, 7) is 4.87. The molecule has 0 aliphatic heterocycles. The van der Waals surface area contributed by atoms with E-state index in [1.54, 1.807) is 23.9 Å². The molecule has 0 aliphatic carbocycles. The molecular formula is C20H23FN2OS2. The SMILES string of the molecule is C=CCOc1cccc(NC(=S)NCCCSCc2ccccc2F)c1. The Labute approximate surface area is 164 Å². The third-order valence-electron chi connectivity index (χ3n) is 3.43. The van der Waals surface area contributed by atoms with Crippen LogP contribution in [0.5, 0.6) is 5.75 Å². The van der Waals surface area contributed by atoms with E-state index in [9.17, 15) is 4.39 Å². The zero-order valence-corrected chi connectivity index (χ0v) is 16.2. The maximum atomic E-state index is 13.5. The summed E-state index contributed by atoms with van der Waals surface area (Å²) >= 11 is 7.02. The molecule has 2 aromatic rings. The molecule has 0 bridgehead atoms. The van der Waals surface area contributed by atoms with Gasteiger partial charge in [-0.1, -0.05) is 36.9 Å². The lowest BCUT2D eigenvalue weighted by atomic mass is 10.2. The molecule has 0 unspecified atom stereocenters.